The molecule has 0 spiro atoms. The molecule has 13 heavy (non-hydrogen) atoms. The lowest BCUT2D eigenvalue weighted by Gasteiger charge is -2.08. The lowest BCUT2D eigenvalue weighted by molar-refractivity contribution is -0.121. The predicted octanol–water partition coefficient (Wildman–Crippen LogP) is 1.55. The minimum atomic E-state index is 0.0491. The Balaban J connectivity index is 3.17. The van der Waals surface area contributed by atoms with Crippen molar-refractivity contribution in [2.45, 2.75) is 32.8 Å². The summed E-state index contributed by atoms with van der Waals surface area (Å²) in [7, 11) is 0. The standard InChI is InChI=1S/C9H18ClNO2/c1-8(2)13-7-6-11-9(12)4-3-5-10/h8H,3-7H2,1-2H3,(H,11,12). The van der Waals surface area contributed by atoms with Crippen molar-refractivity contribution in [3.05, 3.63) is 0 Å². The topological polar surface area (TPSA) is 38.3 Å². The van der Waals surface area contributed by atoms with Crippen LogP contribution in [0.15, 0.2) is 0 Å². The zero-order valence-corrected chi connectivity index (χ0v) is 9.06. The molecule has 4 heteroatoms. The summed E-state index contributed by atoms with van der Waals surface area (Å²) in [6.07, 6.45) is 1.46. The van der Waals surface area contributed by atoms with Crippen LogP contribution in [0.1, 0.15) is 26.7 Å². The van der Waals surface area contributed by atoms with Crippen molar-refractivity contribution in [2.75, 3.05) is 19.0 Å². The lowest BCUT2D eigenvalue weighted by Crippen LogP contribution is -2.27. The molecular weight excluding hydrogens is 190 g/mol. The van der Waals surface area contributed by atoms with Crippen LogP contribution in [0.5, 0.6) is 0 Å². The molecule has 1 amide bonds. The highest BCUT2D eigenvalue weighted by Crippen LogP contribution is 1.91. The van der Waals surface area contributed by atoms with Gasteiger partial charge in [0.2, 0.25) is 5.91 Å². The van der Waals surface area contributed by atoms with E-state index in [2.05, 4.69) is 5.32 Å². The fraction of sp³-hybridized carbons (Fsp3) is 0.889. The van der Waals surface area contributed by atoms with Crippen molar-refractivity contribution in [1.29, 1.82) is 0 Å². The lowest BCUT2D eigenvalue weighted by atomic mass is 10.3. The number of rotatable bonds is 7. The van der Waals surface area contributed by atoms with Crippen molar-refractivity contribution >= 4 is 17.5 Å². The van der Waals surface area contributed by atoms with Gasteiger partial charge in [0.1, 0.15) is 0 Å². The molecule has 0 aromatic carbocycles. The summed E-state index contributed by atoms with van der Waals surface area (Å²) in [5, 5.41) is 2.75. The van der Waals surface area contributed by atoms with E-state index in [4.69, 9.17) is 16.3 Å². The third-order valence-electron chi connectivity index (χ3n) is 1.41. The first-order valence-electron chi connectivity index (χ1n) is 4.61. The minimum Gasteiger partial charge on any atom is -0.377 e. The van der Waals surface area contributed by atoms with Gasteiger partial charge >= 0.3 is 0 Å². The van der Waals surface area contributed by atoms with Gasteiger partial charge in [-0.3, -0.25) is 4.79 Å². The van der Waals surface area contributed by atoms with Crippen LogP contribution in [0.4, 0.5) is 0 Å². The summed E-state index contributed by atoms with van der Waals surface area (Å²) in [6.45, 7) is 5.09. The van der Waals surface area contributed by atoms with E-state index in [1.165, 1.54) is 0 Å². The van der Waals surface area contributed by atoms with Gasteiger partial charge in [-0.1, -0.05) is 0 Å². The maximum absolute atomic E-state index is 11.0. The molecule has 0 fully saturated rings. The van der Waals surface area contributed by atoms with Gasteiger partial charge in [0.25, 0.3) is 0 Å². The van der Waals surface area contributed by atoms with Crippen LogP contribution in [-0.2, 0) is 9.53 Å². The summed E-state index contributed by atoms with van der Waals surface area (Å²) in [6, 6.07) is 0. The van der Waals surface area contributed by atoms with Crippen molar-refractivity contribution in [3.8, 4) is 0 Å². The van der Waals surface area contributed by atoms with Crippen molar-refractivity contribution in [1.82, 2.24) is 5.32 Å². The molecule has 0 aliphatic heterocycles. The van der Waals surface area contributed by atoms with E-state index in [1.54, 1.807) is 0 Å². The Morgan fingerprint density at radius 1 is 1.54 bits per heavy atom. The molecule has 0 aromatic heterocycles. The van der Waals surface area contributed by atoms with Crippen molar-refractivity contribution in [3.63, 3.8) is 0 Å². The van der Waals surface area contributed by atoms with Gasteiger partial charge in [-0.25, -0.2) is 0 Å². The number of carbonyl (C=O) groups is 1. The largest absolute Gasteiger partial charge is 0.377 e. The van der Waals surface area contributed by atoms with E-state index >= 15 is 0 Å². The van der Waals surface area contributed by atoms with Gasteiger partial charge in [0, 0.05) is 18.8 Å². The van der Waals surface area contributed by atoms with E-state index in [9.17, 15) is 4.79 Å². The van der Waals surface area contributed by atoms with E-state index < -0.39 is 0 Å². The molecule has 3 nitrogen and oxygen atoms in total. The van der Waals surface area contributed by atoms with Crippen LogP contribution in [0.25, 0.3) is 0 Å². The molecule has 78 valence electrons. The normalized spacial score (nSPS) is 10.5. The van der Waals surface area contributed by atoms with Crippen molar-refractivity contribution < 1.29 is 9.53 Å². The number of nitrogens with one attached hydrogen (secondary N) is 1. The van der Waals surface area contributed by atoms with Crippen LogP contribution < -0.4 is 5.32 Å². The molecule has 0 saturated heterocycles. The number of hydrogen-bond donors (Lipinski definition) is 1. The van der Waals surface area contributed by atoms with E-state index in [0.717, 1.165) is 6.42 Å². The molecule has 0 aliphatic carbocycles. The second-order valence-corrected chi connectivity index (χ2v) is 3.44. The Labute approximate surface area is 84.8 Å². The second-order valence-electron chi connectivity index (χ2n) is 3.06. The highest BCUT2D eigenvalue weighted by Gasteiger charge is 1.99. The van der Waals surface area contributed by atoms with E-state index in [-0.39, 0.29) is 12.0 Å². The zero-order valence-electron chi connectivity index (χ0n) is 8.31. The molecule has 0 saturated carbocycles. The highest BCUT2D eigenvalue weighted by molar-refractivity contribution is 6.17. The fourth-order valence-electron chi connectivity index (χ4n) is 0.801. The Morgan fingerprint density at radius 3 is 2.77 bits per heavy atom. The van der Waals surface area contributed by atoms with Gasteiger partial charge in [0.05, 0.1) is 12.7 Å². The third kappa shape index (κ3) is 9.64. The monoisotopic (exact) mass is 207 g/mol. The molecule has 0 unspecified atom stereocenters. The molecule has 0 aromatic rings. The first-order valence-corrected chi connectivity index (χ1v) is 5.14. The number of hydrogen-bond acceptors (Lipinski definition) is 2. The first kappa shape index (κ1) is 12.7. The van der Waals surface area contributed by atoms with Crippen LogP contribution in [0.3, 0.4) is 0 Å². The SMILES string of the molecule is CC(C)OCCNC(=O)CCCCl. The molecule has 1 N–H and O–H groups in total. The van der Waals surface area contributed by atoms with Gasteiger partial charge in [-0.05, 0) is 20.3 Å². The van der Waals surface area contributed by atoms with E-state index in [0.29, 0.717) is 25.5 Å². The molecule has 0 heterocycles. The second kappa shape index (κ2) is 8.32. The predicted molar refractivity (Wildman–Crippen MR) is 54.1 cm³/mol. The van der Waals surface area contributed by atoms with Gasteiger partial charge in [-0.2, -0.15) is 0 Å². The van der Waals surface area contributed by atoms with E-state index in [1.807, 2.05) is 13.8 Å². The highest BCUT2D eigenvalue weighted by atomic mass is 35.5. The molecule has 0 radical (unpaired) electrons. The van der Waals surface area contributed by atoms with Gasteiger partial charge in [-0.15, -0.1) is 11.6 Å². The van der Waals surface area contributed by atoms with Gasteiger partial charge < -0.3 is 10.1 Å². The molecule has 0 rings (SSSR count). The average Bonchev–Trinajstić information content (AvgIpc) is 2.08. The summed E-state index contributed by atoms with van der Waals surface area (Å²) in [5.74, 6) is 0.587. The maximum Gasteiger partial charge on any atom is 0.220 e. The first-order chi connectivity index (χ1) is 6.16. The van der Waals surface area contributed by atoms with Gasteiger partial charge in [0.15, 0.2) is 0 Å². The number of halogens is 1. The Bertz CT molecular complexity index is 140. The fourth-order valence-corrected chi connectivity index (χ4v) is 0.934. The quantitative estimate of drug-likeness (QED) is 0.508. The van der Waals surface area contributed by atoms with Crippen LogP contribution in [0.2, 0.25) is 0 Å². The van der Waals surface area contributed by atoms with Crippen LogP contribution in [0, 0.1) is 0 Å². The Morgan fingerprint density at radius 2 is 2.23 bits per heavy atom. The third-order valence-corrected chi connectivity index (χ3v) is 1.68. The van der Waals surface area contributed by atoms with Crippen LogP contribution in [-0.4, -0.2) is 31.0 Å². The Hall–Kier alpha value is -0.280. The summed E-state index contributed by atoms with van der Waals surface area (Å²) in [4.78, 5) is 11.0. The number of ether oxygens (including phenoxy) is 1. The number of carbonyl (C=O) groups excluding carboxylic acids is 1. The smallest absolute Gasteiger partial charge is 0.220 e. The number of amides is 1. The molecular formula is C9H18ClNO2. The summed E-state index contributed by atoms with van der Waals surface area (Å²) < 4.78 is 5.26. The Kier molecular flexibility index (Phi) is 8.14. The minimum absolute atomic E-state index is 0.0491. The summed E-state index contributed by atoms with van der Waals surface area (Å²) >= 11 is 5.44. The molecule has 0 atom stereocenters. The molecule has 0 aliphatic rings. The maximum atomic E-state index is 11.0. The van der Waals surface area contributed by atoms with Crippen molar-refractivity contribution in [2.24, 2.45) is 0 Å². The summed E-state index contributed by atoms with van der Waals surface area (Å²) in [5.41, 5.74) is 0. The molecule has 0 bridgehead atoms. The van der Waals surface area contributed by atoms with Crippen LogP contribution >= 0.6 is 11.6 Å². The number of alkyl halides is 1. The average molecular weight is 208 g/mol. The zero-order chi connectivity index (χ0) is 10.1.